The average molecular weight is 210 g/mol. The molecule has 1 aromatic heterocycles. The van der Waals surface area contributed by atoms with Gasteiger partial charge in [-0.15, -0.1) is 0 Å². The quantitative estimate of drug-likeness (QED) is 0.699. The number of thioether (sulfide) groups is 1. The van der Waals surface area contributed by atoms with Crippen molar-refractivity contribution in [3.8, 4) is 0 Å². The Morgan fingerprint density at radius 2 is 2.50 bits per heavy atom. The molecule has 1 unspecified atom stereocenters. The molecule has 1 fully saturated rings. The van der Waals surface area contributed by atoms with Crippen molar-refractivity contribution in [2.75, 3.05) is 11.5 Å². The molecule has 0 aliphatic carbocycles. The van der Waals surface area contributed by atoms with Crippen LogP contribution < -0.4 is 0 Å². The van der Waals surface area contributed by atoms with Crippen LogP contribution in [0.5, 0.6) is 0 Å². The molecule has 1 aliphatic heterocycles. The second-order valence-corrected chi connectivity index (χ2v) is 4.84. The van der Waals surface area contributed by atoms with Crippen LogP contribution in [0.15, 0.2) is 6.07 Å². The van der Waals surface area contributed by atoms with Crippen molar-refractivity contribution in [1.29, 1.82) is 0 Å². The average Bonchev–Trinajstić information content (AvgIpc) is 2.70. The summed E-state index contributed by atoms with van der Waals surface area (Å²) in [4.78, 5) is 11.2. The van der Waals surface area contributed by atoms with E-state index in [9.17, 15) is 4.79 Å². The Morgan fingerprint density at radius 3 is 3.00 bits per heavy atom. The Balaban J connectivity index is 2.27. The number of aryl methyl sites for hydroxylation is 1. The maximum absolute atomic E-state index is 11.2. The minimum Gasteiger partial charge on any atom is -0.293 e. The first-order valence-corrected chi connectivity index (χ1v) is 5.96. The number of hydrogen-bond donors (Lipinski definition) is 0. The summed E-state index contributed by atoms with van der Waals surface area (Å²) in [6.07, 6.45) is 1.19. The van der Waals surface area contributed by atoms with E-state index in [0.717, 1.165) is 17.1 Å². The lowest BCUT2D eigenvalue weighted by Gasteiger charge is -2.01. The highest BCUT2D eigenvalue weighted by Crippen LogP contribution is 2.31. The monoisotopic (exact) mass is 210 g/mol. The summed E-state index contributed by atoms with van der Waals surface area (Å²) in [5.41, 5.74) is 1.81. The normalized spacial score (nSPS) is 21.4. The fourth-order valence-corrected chi connectivity index (χ4v) is 3.03. The van der Waals surface area contributed by atoms with Crippen molar-refractivity contribution in [3.63, 3.8) is 0 Å². The van der Waals surface area contributed by atoms with Gasteiger partial charge in [-0.25, -0.2) is 0 Å². The van der Waals surface area contributed by atoms with E-state index in [0.29, 0.717) is 5.92 Å². The van der Waals surface area contributed by atoms with E-state index in [2.05, 4.69) is 5.10 Å². The predicted molar refractivity (Wildman–Crippen MR) is 57.9 cm³/mol. The van der Waals surface area contributed by atoms with Crippen LogP contribution in [0.3, 0.4) is 0 Å². The molecular formula is C10H14N2OS. The fraction of sp³-hybridized carbons (Fsp3) is 0.600. The van der Waals surface area contributed by atoms with Crippen LogP contribution in [0.25, 0.3) is 0 Å². The molecular weight excluding hydrogens is 196 g/mol. The Hall–Kier alpha value is -0.770. The van der Waals surface area contributed by atoms with Gasteiger partial charge in [-0.3, -0.25) is 9.48 Å². The number of ketones is 1. The van der Waals surface area contributed by atoms with Crippen LogP contribution in [0.2, 0.25) is 0 Å². The molecule has 0 spiro atoms. The first-order valence-electron chi connectivity index (χ1n) is 4.81. The van der Waals surface area contributed by atoms with Gasteiger partial charge in [-0.05, 0) is 18.2 Å². The van der Waals surface area contributed by atoms with Crippen LogP contribution in [0.4, 0.5) is 0 Å². The van der Waals surface area contributed by atoms with Crippen molar-refractivity contribution in [1.82, 2.24) is 9.78 Å². The van der Waals surface area contributed by atoms with Gasteiger partial charge in [0, 0.05) is 25.6 Å². The molecule has 1 atom stereocenters. The topological polar surface area (TPSA) is 34.9 Å². The Labute approximate surface area is 87.9 Å². The summed E-state index contributed by atoms with van der Waals surface area (Å²) in [6, 6.07) is 1.94. The summed E-state index contributed by atoms with van der Waals surface area (Å²) >= 11 is 1.97. The van der Waals surface area contributed by atoms with E-state index in [1.54, 1.807) is 11.6 Å². The third-order valence-electron chi connectivity index (χ3n) is 2.61. The second-order valence-electron chi connectivity index (χ2n) is 3.69. The first-order chi connectivity index (χ1) is 6.68. The molecule has 1 aromatic rings. The molecule has 0 radical (unpaired) electrons. The van der Waals surface area contributed by atoms with E-state index < -0.39 is 0 Å². The molecule has 3 nitrogen and oxygen atoms in total. The van der Waals surface area contributed by atoms with Crippen LogP contribution in [-0.4, -0.2) is 27.1 Å². The molecule has 0 saturated carbocycles. The number of hydrogen-bond acceptors (Lipinski definition) is 3. The van der Waals surface area contributed by atoms with Gasteiger partial charge < -0.3 is 0 Å². The van der Waals surface area contributed by atoms with Crippen LogP contribution in [0.1, 0.15) is 35.4 Å². The zero-order chi connectivity index (χ0) is 10.1. The Morgan fingerprint density at radius 1 is 1.71 bits per heavy atom. The Bertz CT molecular complexity index is 353. The molecule has 0 N–H and O–H groups in total. The third-order valence-corrected chi connectivity index (χ3v) is 3.77. The van der Waals surface area contributed by atoms with Gasteiger partial charge in [0.2, 0.25) is 0 Å². The highest BCUT2D eigenvalue weighted by Gasteiger charge is 2.21. The zero-order valence-electron chi connectivity index (χ0n) is 8.49. The highest BCUT2D eigenvalue weighted by molar-refractivity contribution is 7.99. The van der Waals surface area contributed by atoms with E-state index in [4.69, 9.17) is 0 Å². The number of Topliss-reactive ketones (excluding diaryl/α,β-unsaturated/α-hetero) is 1. The summed E-state index contributed by atoms with van der Waals surface area (Å²) in [7, 11) is 1.84. The van der Waals surface area contributed by atoms with E-state index in [-0.39, 0.29) is 5.78 Å². The summed E-state index contributed by atoms with van der Waals surface area (Å²) < 4.78 is 1.70. The molecule has 1 aliphatic rings. The predicted octanol–water partition coefficient (Wildman–Crippen LogP) is 1.84. The van der Waals surface area contributed by atoms with Crippen LogP contribution in [0, 0.1) is 0 Å². The lowest BCUT2D eigenvalue weighted by atomic mass is 10.1. The van der Waals surface area contributed by atoms with E-state index in [1.807, 2.05) is 24.9 Å². The second kappa shape index (κ2) is 3.77. The highest BCUT2D eigenvalue weighted by atomic mass is 32.2. The maximum atomic E-state index is 11.2. The van der Waals surface area contributed by atoms with E-state index >= 15 is 0 Å². The molecule has 2 rings (SSSR count). The third kappa shape index (κ3) is 1.71. The molecule has 0 aromatic carbocycles. The molecule has 76 valence electrons. The summed E-state index contributed by atoms with van der Waals surface area (Å²) in [5, 5.41) is 4.40. The molecule has 0 amide bonds. The molecule has 2 heterocycles. The molecule has 14 heavy (non-hydrogen) atoms. The SMILES string of the molecule is CC(=O)c1cc(C2CCSC2)nn1C. The van der Waals surface area contributed by atoms with Crippen molar-refractivity contribution < 1.29 is 4.79 Å². The van der Waals surface area contributed by atoms with Gasteiger partial charge >= 0.3 is 0 Å². The molecule has 4 heteroatoms. The first kappa shape index (κ1) is 9.77. The van der Waals surface area contributed by atoms with Crippen LogP contribution >= 0.6 is 11.8 Å². The van der Waals surface area contributed by atoms with Gasteiger partial charge in [0.15, 0.2) is 5.78 Å². The fourth-order valence-electron chi connectivity index (χ4n) is 1.79. The summed E-state index contributed by atoms with van der Waals surface area (Å²) in [6.45, 7) is 1.59. The van der Waals surface area contributed by atoms with Gasteiger partial charge in [-0.1, -0.05) is 0 Å². The lowest BCUT2D eigenvalue weighted by molar-refractivity contribution is 0.100. The lowest BCUT2D eigenvalue weighted by Crippen LogP contribution is -2.02. The summed E-state index contributed by atoms with van der Waals surface area (Å²) in [5.74, 6) is 3.02. The van der Waals surface area contributed by atoms with Crippen molar-refractivity contribution in [2.45, 2.75) is 19.3 Å². The Kier molecular flexibility index (Phi) is 2.63. The number of carbonyl (C=O) groups excluding carboxylic acids is 1. The van der Waals surface area contributed by atoms with Gasteiger partial charge in [-0.2, -0.15) is 16.9 Å². The van der Waals surface area contributed by atoms with Gasteiger partial charge in [0.1, 0.15) is 5.69 Å². The van der Waals surface area contributed by atoms with Gasteiger partial charge in [0.25, 0.3) is 0 Å². The molecule has 0 bridgehead atoms. The van der Waals surface area contributed by atoms with Crippen molar-refractivity contribution in [2.24, 2.45) is 7.05 Å². The van der Waals surface area contributed by atoms with Gasteiger partial charge in [0.05, 0.1) is 5.69 Å². The number of rotatable bonds is 2. The number of aromatic nitrogens is 2. The standard InChI is InChI=1S/C10H14N2OS/c1-7(13)10-5-9(11-12(10)2)8-3-4-14-6-8/h5,8H,3-4,6H2,1-2H3. The van der Waals surface area contributed by atoms with Crippen LogP contribution in [-0.2, 0) is 7.05 Å². The van der Waals surface area contributed by atoms with E-state index in [1.165, 1.54) is 12.2 Å². The minimum absolute atomic E-state index is 0.0944. The zero-order valence-corrected chi connectivity index (χ0v) is 9.30. The largest absolute Gasteiger partial charge is 0.293 e. The minimum atomic E-state index is 0.0944. The maximum Gasteiger partial charge on any atom is 0.177 e. The number of nitrogens with zero attached hydrogens (tertiary/aromatic N) is 2. The number of carbonyl (C=O) groups is 1. The molecule has 1 saturated heterocycles. The smallest absolute Gasteiger partial charge is 0.177 e. The van der Waals surface area contributed by atoms with Crippen molar-refractivity contribution >= 4 is 17.5 Å². The van der Waals surface area contributed by atoms with Crippen molar-refractivity contribution in [3.05, 3.63) is 17.5 Å².